The molecule has 1 fully saturated rings. The molecule has 1 atom stereocenters. The zero-order valence-corrected chi connectivity index (χ0v) is 15.5. The Morgan fingerprint density at radius 1 is 1.27 bits per heavy atom. The lowest BCUT2D eigenvalue weighted by Gasteiger charge is -2.23. The monoisotopic (exact) mass is 345 g/mol. The van der Waals surface area contributed by atoms with Gasteiger partial charge in [0.2, 0.25) is 0 Å². The summed E-state index contributed by atoms with van der Waals surface area (Å²) in [7, 11) is 0. The number of hydrogen-bond acceptors (Lipinski definition) is 2. The van der Waals surface area contributed by atoms with Gasteiger partial charge in [-0.05, 0) is 55.2 Å². The van der Waals surface area contributed by atoms with Gasteiger partial charge in [0, 0.05) is 24.6 Å². The fourth-order valence-corrected chi connectivity index (χ4v) is 3.69. The first-order chi connectivity index (χ1) is 12.7. The van der Waals surface area contributed by atoms with Crippen molar-refractivity contribution in [3.63, 3.8) is 0 Å². The smallest absolute Gasteiger partial charge is 0.166 e. The van der Waals surface area contributed by atoms with E-state index in [0.717, 1.165) is 37.9 Å². The largest absolute Gasteiger partial charge is 0.369 e. The van der Waals surface area contributed by atoms with Crippen LogP contribution in [0.2, 0.25) is 0 Å². The van der Waals surface area contributed by atoms with Gasteiger partial charge in [-0.1, -0.05) is 54.6 Å². The summed E-state index contributed by atoms with van der Waals surface area (Å²) in [4.78, 5) is 15.0. The van der Waals surface area contributed by atoms with Crippen LogP contribution in [0.15, 0.2) is 90.2 Å². The highest BCUT2D eigenvalue weighted by Crippen LogP contribution is 2.36. The van der Waals surface area contributed by atoms with Crippen LogP contribution in [-0.2, 0) is 11.3 Å². The number of Topliss-reactive ketones (excluding diaryl/α,β-unsaturated/α-hetero) is 1. The molecule has 1 aliphatic carbocycles. The number of carbonyl (C=O) groups excluding carboxylic acids is 1. The van der Waals surface area contributed by atoms with Gasteiger partial charge in [0.15, 0.2) is 5.78 Å². The molecule has 2 nitrogen and oxygen atoms in total. The van der Waals surface area contributed by atoms with Crippen molar-refractivity contribution in [3.05, 3.63) is 95.8 Å². The maximum absolute atomic E-state index is 12.7. The first-order valence-corrected chi connectivity index (χ1v) is 9.37. The van der Waals surface area contributed by atoms with Crippen molar-refractivity contribution in [2.45, 2.75) is 32.7 Å². The topological polar surface area (TPSA) is 20.3 Å². The lowest BCUT2D eigenvalue weighted by Crippen LogP contribution is -2.20. The van der Waals surface area contributed by atoms with Crippen molar-refractivity contribution >= 4 is 5.78 Å². The predicted molar refractivity (Wildman–Crippen MR) is 108 cm³/mol. The van der Waals surface area contributed by atoms with Gasteiger partial charge in [-0.3, -0.25) is 4.79 Å². The summed E-state index contributed by atoms with van der Waals surface area (Å²) in [5, 5.41) is 0. The number of hydrogen-bond donors (Lipinski definition) is 0. The molecule has 2 heteroatoms. The number of ketones is 1. The van der Waals surface area contributed by atoms with E-state index in [1.807, 2.05) is 25.1 Å². The van der Waals surface area contributed by atoms with E-state index in [-0.39, 0.29) is 5.92 Å². The third-order valence-corrected chi connectivity index (χ3v) is 5.07. The van der Waals surface area contributed by atoms with Crippen molar-refractivity contribution < 1.29 is 4.79 Å². The molecule has 0 spiro atoms. The van der Waals surface area contributed by atoms with Crippen LogP contribution in [0.1, 0.15) is 31.7 Å². The third-order valence-electron chi connectivity index (χ3n) is 5.07. The number of benzene rings is 1. The first-order valence-electron chi connectivity index (χ1n) is 9.37. The van der Waals surface area contributed by atoms with Crippen molar-refractivity contribution in [2.24, 2.45) is 5.92 Å². The van der Waals surface area contributed by atoms with Crippen LogP contribution >= 0.6 is 0 Å². The second kappa shape index (κ2) is 8.66. The molecule has 1 aromatic carbocycles. The highest BCUT2D eigenvalue weighted by Gasteiger charge is 2.32. The minimum atomic E-state index is 0.0776. The summed E-state index contributed by atoms with van der Waals surface area (Å²) in [6.45, 7) is 7.54. The van der Waals surface area contributed by atoms with E-state index in [9.17, 15) is 4.79 Å². The molecule has 134 valence electrons. The summed E-state index contributed by atoms with van der Waals surface area (Å²) < 4.78 is 0. The Balaban J connectivity index is 1.59. The van der Waals surface area contributed by atoms with Crippen molar-refractivity contribution in [2.75, 3.05) is 6.54 Å². The van der Waals surface area contributed by atoms with Crippen LogP contribution in [-0.4, -0.2) is 17.2 Å². The van der Waals surface area contributed by atoms with Crippen LogP contribution in [0.3, 0.4) is 0 Å². The molecule has 0 N–H and O–H groups in total. The zero-order valence-electron chi connectivity index (χ0n) is 15.5. The van der Waals surface area contributed by atoms with Gasteiger partial charge < -0.3 is 4.90 Å². The predicted octanol–water partition coefficient (Wildman–Crippen LogP) is 5.37. The molecule has 26 heavy (non-hydrogen) atoms. The van der Waals surface area contributed by atoms with Gasteiger partial charge in [-0.25, -0.2) is 0 Å². The molecule has 2 aliphatic rings. The van der Waals surface area contributed by atoms with E-state index in [2.05, 4.69) is 60.2 Å². The highest BCUT2D eigenvalue weighted by molar-refractivity contribution is 6.04. The molecule has 0 saturated heterocycles. The Hall–Kier alpha value is -2.61. The van der Waals surface area contributed by atoms with E-state index >= 15 is 0 Å². The van der Waals surface area contributed by atoms with E-state index in [1.165, 1.54) is 16.7 Å². The Bertz CT molecular complexity index is 780. The normalized spacial score (nSPS) is 23.0. The standard InChI is InChI=1S/C24H27NO/c1-3-5-11-21-17-22(24(26)23(21)4-2)16-19-12-14-25(15-13-19)18-20-9-7-6-8-10-20/h3-4,6-14,22H,1,5,15-18H2,2H3/b21-11-,23-4+. The minimum absolute atomic E-state index is 0.0776. The molecular weight excluding hydrogens is 318 g/mol. The van der Waals surface area contributed by atoms with Crippen LogP contribution < -0.4 is 0 Å². The molecular formula is C24H27NO. The number of rotatable bonds is 6. The van der Waals surface area contributed by atoms with Gasteiger partial charge in [0.05, 0.1) is 0 Å². The molecule has 1 saturated carbocycles. The Kier molecular flexibility index (Phi) is 6.06. The minimum Gasteiger partial charge on any atom is -0.369 e. The maximum atomic E-state index is 12.7. The number of nitrogens with zero attached hydrogens (tertiary/aromatic N) is 1. The Morgan fingerprint density at radius 2 is 2.08 bits per heavy atom. The lowest BCUT2D eigenvalue weighted by atomic mass is 9.95. The van der Waals surface area contributed by atoms with E-state index in [4.69, 9.17) is 0 Å². The van der Waals surface area contributed by atoms with E-state index < -0.39 is 0 Å². The van der Waals surface area contributed by atoms with Gasteiger partial charge in [-0.15, -0.1) is 6.58 Å². The molecule has 1 unspecified atom stereocenters. The molecule has 0 aromatic heterocycles. The van der Waals surface area contributed by atoms with Crippen LogP contribution in [0, 0.1) is 5.92 Å². The molecule has 1 aromatic rings. The molecule has 0 amide bonds. The van der Waals surface area contributed by atoms with Crippen LogP contribution in [0.5, 0.6) is 0 Å². The summed E-state index contributed by atoms with van der Waals surface area (Å²) in [5.41, 5.74) is 4.68. The van der Waals surface area contributed by atoms with Gasteiger partial charge >= 0.3 is 0 Å². The van der Waals surface area contributed by atoms with E-state index in [0.29, 0.717) is 5.78 Å². The third kappa shape index (κ3) is 4.32. The van der Waals surface area contributed by atoms with Gasteiger partial charge in [0.1, 0.15) is 0 Å². The van der Waals surface area contributed by atoms with E-state index in [1.54, 1.807) is 0 Å². The lowest BCUT2D eigenvalue weighted by molar-refractivity contribution is -0.117. The molecule has 1 aliphatic heterocycles. The maximum Gasteiger partial charge on any atom is 0.166 e. The fourth-order valence-electron chi connectivity index (χ4n) is 3.69. The molecule has 0 radical (unpaired) electrons. The zero-order chi connectivity index (χ0) is 18.4. The number of carbonyl (C=O) groups is 1. The van der Waals surface area contributed by atoms with Crippen molar-refractivity contribution in [1.82, 2.24) is 4.90 Å². The van der Waals surface area contributed by atoms with Crippen LogP contribution in [0.25, 0.3) is 0 Å². The Labute approximate surface area is 156 Å². The molecule has 3 rings (SSSR count). The molecule has 1 heterocycles. The molecule has 0 bridgehead atoms. The SMILES string of the molecule is C=CC/C=C1/CC(CC2=CCN(Cc3ccccc3)C=C2)C(=O)/C1=C/C. The summed E-state index contributed by atoms with van der Waals surface area (Å²) >= 11 is 0. The van der Waals surface area contributed by atoms with Crippen molar-refractivity contribution in [1.29, 1.82) is 0 Å². The summed E-state index contributed by atoms with van der Waals surface area (Å²) in [6, 6.07) is 10.5. The number of allylic oxidation sites excluding steroid dienone is 7. The van der Waals surface area contributed by atoms with Gasteiger partial charge in [-0.2, -0.15) is 0 Å². The van der Waals surface area contributed by atoms with Crippen molar-refractivity contribution in [3.8, 4) is 0 Å². The summed E-state index contributed by atoms with van der Waals surface area (Å²) in [5.74, 6) is 0.373. The second-order valence-corrected chi connectivity index (χ2v) is 6.94. The second-order valence-electron chi connectivity index (χ2n) is 6.94. The van der Waals surface area contributed by atoms with Crippen LogP contribution in [0.4, 0.5) is 0 Å². The fraction of sp³-hybridized carbons (Fsp3) is 0.292. The highest BCUT2D eigenvalue weighted by atomic mass is 16.1. The first kappa shape index (κ1) is 18.2. The summed E-state index contributed by atoms with van der Waals surface area (Å²) in [6.07, 6.45) is 15.1. The van der Waals surface area contributed by atoms with Gasteiger partial charge in [0.25, 0.3) is 0 Å². The average molecular weight is 345 g/mol. The quantitative estimate of drug-likeness (QED) is 0.510. The average Bonchev–Trinajstić information content (AvgIpc) is 2.97. The Morgan fingerprint density at radius 3 is 2.73 bits per heavy atom.